The number of hydrazone groups is 1. The highest BCUT2D eigenvalue weighted by molar-refractivity contribution is 5.87. The average molecular weight is 463 g/mol. The number of hydrogen-bond acceptors (Lipinski definition) is 6. The Labute approximate surface area is 199 Å². The molecule has 0 saturated heterocycles. The second-order valence-corrected chi connectivity index (χ2v) is 8.46. The number of fused-ring (bicyclic) bond motifs is 1. The molecule has 1 unspecified atom stereocenters. The van der Waals surface area contributed by atoms with Crippen LogP contribution in [0.4, 0.5) is 4.79 Å². The number of aryl methyl sites for hydroxylation is 2. The van der Waals surface area contributed by atoms with Crippen LogP contribution >= 0.6 is 0 Å². The number of amides is 2. The first kappa shape index (κ1) is 23.4. The predicted octanol–water partition coefficient (Wildman–Crippen LogP) is 4.81. The van der Waals surface area contributed by atoms with E-state index in [9.17, 15) is 4.79 Å². The fourth-order valence-corrected chi connectivity index (χ4v) is 4.87. The third kappa shape index (κ3) is 3.79. The number of ether oxygens (including phenoxy) is 2. The standard InChI is InChI=1S/C26H30N4O4/c1-7-26(20-9-16(2)8-17(3)24(20)21-14-34-15-28-21)12-18-10-22(32-5)23(33-6)11-19(18)13-29-30(26)25(31)27-4/h8-11,13-15H,7,12H2,1-6H3,(H,27,31). The summed E-state index contributed by atoms with van der Waals surface area (Å²) in [5.41, 5.74) is 5.83. The Morgan fingerprint density at radius 2 is 1.91 bits per heavy atom. The molecule has 8 nitrogen and oxygen atoms in total. The Kier molecular flexibility index (Phi) is 6.32. The van der Waals surface area contributed by atoms with Crippen molar-refractivity contribution >= 4 is 12.2 Å². The summed E-state index contributed by atoms with van der Waals surface area (Å²) in [6, 6.07) is 7.80. The molecule has 1 aliphatic heterocycles. The molecule has 2 heterocycles. The molecule has 0 bridgehead atoms. The molecule has 178 valence electrons. The molecular formula is C26H30N4O4. The van der Waals surface area contributed by atoms with Crippen molar-refractivity contribution in [3.63, 3.8) is 0 Å². The molecule has 0 fully saturated rings. The highest BCUT2D eigenvalue weighted by Gasteiger charge is 2.44. The molecule has 0 radical (unpaired) electrons. The Hall–Kier alpha value is -3.81. The molecule has 1 aromatic heterocycles. The molecule has 0 saturated carbocycles. The second-order valence-electron chi connectivity index (χ2n) is 8.46. The van der Waals surface area contributed by atoms with Gasteiger partial charge >= 0.3 is 6.03 Å². The number of methoxy groups -OCH3 is 2. The molecule has 1 N–H and O–H groups in total. The predicted molar refractivity (Wildman–Crippen MR) is 131 cm³/mol. The van der Waals surface area contributed by atoms with Gasteiger partial charge in [-0.1, -0.05) is 24.6 Å². The highest BCUT2D eigenvalue weighted by atomic mass is 16.5. The topological polar surface area (TPSA) is 89.2 Å². The van der Waals surface area contributed by atoms with E-state index >= 15 is 0 Å². The van der Waals surface area contributed by atoms with Crippen molar-refractivity contribution < 1.29 is 18.7 Å². The zero-order valence-corrected chi connectivity index (χ0v) is 20.4. The molecular weight excluding hydrogens is 432 g/mol. The van der Waals surface area contributed by atoms with Gasteiger partial charge in [0, 0.05) is 24.6 Å². The molecule has 34 heavy (non-hydrogen) atoms. The van der Waals surface area contributed by atoms with Gasteiger partial charge in [0.2, 0.25) is 0 Å². The van der Waals surface area contributed by atoms with Crippen molar-refractivity contribution in [2.24, 2.45) is 5.10 Å². The van der Waals surface area contributed by atoms with Crippen LogP contribution in [0.15, 0.2) is 46.4 Å². The van der Waals surface area contributed by atoms with E-state index in [0.29, 0.717) is 24.3 Å². The smallest absolute Gasteiger partial charge is 0.338 e. The average Bonchev–Trinajstić information content (AvgIpc) is 3.31. The van der Waals surface area contributed by atoms with Gasteiger partial charge in [-0.05, 0) is 49.1 Å². The summed E-state index contributed by atoms with van der Waals surface area (Å²) >= 11 is 0. The highest BCUT2D eigenvalue weighted by Crippen LogP contribution is 2.45. The van der Waals surface area contributed by atoms with E-state index in [1.807, 2.05) is 12.1 Å². The van der Waals surface area contributed by atoms with Gasteiger partial charge in [0.05, 0.1) is 26.0 Å². The lowest BCUT2D eigenvalue weighted by Crippen LogP contribution is -2.50. The number of oxazole rings is 1. The fourth-order valence-electron chi connectivity index (χ4n) is 4.87. The van der Waals surface area contributed by atoms with Gasteiger partial charge in [0.15, 0.2) is 17.9 Å². The van der Waals surface area contributed by atoms with E-state index in [1.165, 1.54) is 6.39 Å². The lowest BCUT2D eigenvalue weighted by molar-refractivity contribution is 0.111. The Balaban J connectivity index is 2.04. The van der Waals surface area contributed by atoms with Gasteiger partial charge in [-0.25, -0.2) is 14.8 Å². The maximum atomic E-state index is 13.2. The van der Waals surface area contributed by atoms with Gasteiger partial charge in [-0.15, -0.1) is 0 Å². The lowest BCUT2D eigenvalue weighted by Gasteiger charge is -2.41. The first-order valence-electron chi connectivity index (χ1n) is 11.2. The van der Waals surface area contributed by atoms with Gasteiger partial charge in [-0.3, -0.25) is 0 Å². The van der Waals surface area contributed by atoms with Gasteiger partial charge < -0.3 is 19.2 Å². The summed E-state index contributed by atoms with van der Waals surface area (Å²) in [5.74, 6) is 1.24. The number of nitrogens with zero attached hydrogens (tertiary/aromatic N) is 3. The van der Waals surface area contributed by atoms with E-state index in [1.54, 1.807) is 38.8 Å². The maximum Gasteiger partial charge on any atom is 0.338 e. The Morgan fingerprint density at radius 3 is 2.53 bits per heavy atom. The van der Waals surface area contributed by atoms with Crippen molar-refractivity contribution in [3.05, 3.63) is 64.7 Å². The number of carbonyl (C=O) groups excluding carboxylic acids is 1. The fraction of sp³-hybridized carbons (Fsp3) is 0.346. The number of nitrogens with one attached hydrogen (secondary N) is 1. The van der Waals surface area contributed by atoms with Crippen LogP contribution in [0.2, 0.25) is 0 Å². The van der Waals surface area contributed by atoms with Crippen LogP contribution in [0.25, 0.3) is 11.3 Å². The van der Waals surface area contributed by atoms with Crippen LogP contribution in [0.1, 0.15) is 41.2 Å². The molecule has 3 aromatic rings. The monoisotopic (exact) mass is 462 g/mol. The first-order chi connectivity index (χ1) is 16.4. The minimum absolute atomic E-state index is 0.296. The van der Waals surface area contributed by atoms with Gasteiger partial charge in [0.1, 0.15) is 12.0 Å². The van der Waals surface area contributed by atoms with Crippen molar-refractivity contribution in [3.8, 4) is 22.8 Å². The first-order valence-corrected chi connectivity index (χ1v) is 11.2. The van der Waals surface area contributed by atoms with E-state index < -0.39 is 5.54 Å². The molecule has 2 amide bonds. The number of urea groups is 1. The minimum atomic E-state index is -0.799. The minimum Gasteiger partial charge on any atom is -0.493 e. The number of aromatic nitrogens is 1. The van der Waals surface area contributed by atoms with Crippen LogP contribution in [0, 0.1) is 13.8 Å². The summed E-state index contributed by atoms with van der Waals surface area (Å²) in [4.78, 5) is 17.7. The molecule has 0 aliphatic carbocycles. The van der Waals surface area contributed by atoms with Crippen LogP contribution in [0.3, 0.4) is 0 Å². The van der Waals surface area contributed by atoms with E-state index in [-0.39, 0.29) is 6.03 Å². The van der Waals surface area contributed by atoms with Crippen molar-refractivity contribution in [1.29, 1.82) is 0 Å². The van der Waals surface area contributed by atoms with Crippen LogP contribution < -0.4 is 14.8 Å². The number of hydrogen-bond donors (Lipinski definition) is 1. The molecule has 4 rings (SSSR count). The summed E-state index contributed by atoms with van der Waals surface area (Å²) in [6.45, 7) is 6.18. The number of benzene rings is 2. The van der Waals surface area contributed by atoms with Gasteiger partial charge in [-0.2, -0.15) is 5.10 Å². The van der Waals surface area contributed by atoms with Crippen molar-refractivity contribution in [1.82, 2.24) is 15.3 Å². The van der Waals surface area contributed by atoms with Crippen molar-refractivity contribution in [2.45, 2.75) is 39.2 Å². The third-order valence-corrected chi connectivity index (χ3v) is 6.51. The Morgan fingerprint density at radius 1 is 1.18 bits per heavy atom. The molecule has 0 spiro atoms. The summed E-state index contributed by atoms with van der Waals surface area (Å²) in [7, 11) is 4.83. The van der Waals surface area contributed by atoms with E-state index in [0.717, 1.165) is 39.1 Å². The molecule has 1 atom stereocenters. The number of rotatable bonds is 5. The zero-order valence-electron chi connectivity index (χ0n) is 20.4. The summed E-state index contributed by atoms with van der Waals surface area (Å²) < 4.78 is 16.4. The quantitative estimate of drug-likeness (QED) is 0.588. The second kappa shape index (κ2) is 9.21. The van der Waals surface area contributed by atoms with E-state index in [2.05, 4.69) is 43.2 Å². The molecule has 2 aromatic carbocycles. The number of carbonyl (C=O) groups is 1. The summed E-state index contributed by atoms with van der Waals surface area (Å²) in [6.07, 6.45) is 5.89. The third-order valence-electron chi connectivity index (χ3n) is 6.51. The lowest BCUT2D eigenvalue weighted by atomic mass is 9.76. The van der Waals surface area contributed by atoms with Crippen LogP contribution in [-0.4, -0.2) is 43.5 Å². The maximum absolute atomic E-state index is 13.2. The normalized spacial score (nSPS) is 17.2. The van der Waals surface area contributed by atoms with Crippen LogP contribution in [0.5, 0.6) is 11.5 Å². The molecule has 8 heteroatoms. The van der Waals surface area contributed by atoms with Crippen LogP contribution in [-0.2, 0) is 12.0 Å². The molecule has 1 aliphatic rings. The zero-order chi connectivity index (χ0) is 24.5. The summed E-state index contributed by atoms with van der Waals surface area (Å²) in [5, 5.41) is 9.03. The largest absolute Gasteiger partial charge is 0.493 e. The Bertz CT molecular complexity index is 1240. The SMILES string of the molecule is CCC1(c2cc(C)cc(C)c2-c2cocn2)Cc2cc(OC)c(OC)cc2C=NN1C(=O)NC. The van der Waals surface area contributed by atoms with Gasteiger partial charge in [0.25, 0.3) is 0 Å². The van der Waals surface area contributed by atoms with Crippen molar-refractivity contribution in [2.75, 3.05) is 21.3 Å². The van der Waals surface area contributed by atoms with E-state index in [4.69, 9.17) is 19.0 Å².